The molecule has 1 aliphatic heterocycles. The van der Waals surface area contributed by atoms with Crippen molar-refractivity contribution in [2.45, 2.75) is 37.7 Å². The normalized spacial score (nSPS) is 14.6. The van der Waals surface area contributed by atoms with Crippen LogP contribution in [0.15, 0.2) is 84.9 Å². The number of hydrogen-bond acceptors (Lipinski definition) is 18. The number of halogens is 6. The van der Waals surface area contributed by atoms with Gasteiger partial charge in [0.2, 0.25) is 0 Å². The van der Waals surface area contributed by atoms with Crippen molar-refractivity contribution < 1.29 is 109 Å². The first-order chi connectivity index (χ1) is 37.0. The number of benzene rings is 4. The Bertz CT molecular complexity index is 2770. The number of fused-ring (bicyclic) bond motifs is 4. The third-order valence-electron chi connectivity index (χ3n) is 9.65. The van der Waals surface area contributed by atoms with Crippen LogP contribution in [0.4, 0.5) is 26.3 Å². The average Bonchev–Trinajstić information content (AvgIpc) is 4.01. The molecule has 430 valence electrons. The Morgan fingerprint density at radius 1 is 0.500 bits per heavy atom. The minimum atomic E-state index is -5.84. The first-order valence-electron chi connectivity index (χ1n) is 23.4. The van der Waals surface area contributed by atoms with Crippen molar-refractivity contribution in [3.63, 3.8) is 0 Å². The van der Waals surface area contributed by atoms with Crippen molar-refractivity contribution in [2.24, 2.45) is 0 Å². The number of aromatic amines is 2. The number of hydrogen-bond donors (Lipinski definition) is 4. The Kier molecular flexibility index (Phi) is 25.8. The van der Waals surface area contributed by atoms with E-state index in [0.717, 1.165) is 33.7 Å². The second-order valence-corrected chi connectivity index (χ2v) is 18.2. The van der Waals surface area contributed by atoms with Gasteiger partial charge in [0.1, 0.15) is 38.1 Å². The Balaban J connectivity index is 0.000000264. The molecule has 0 unspecified atom stereocenters. The zero-order chi connectivity index (χ0) is 57.2. The van der Waals surface area contributed by atoms with Crippen LogP contribution in [0.1, 0.15) is 46.2 Å². The summed E-state index contributed by atoms with van der Waals surface area (Å²) in [4.78, 5) is 39.4. The molecule has 22 nitrogen and oxygen atoms in total. The SMILES string of the molecule is CCOC(=O)c1ccc2nc(CCc3nc4ccc(C(=O)OCC)cc4[nH]3)[nH]c2c1.O=S(=O)(O)C(F)(F)F.O=S(=O)(O)C(F)(F)F.c1ccc2c(c1)OCCOCCOCCOc1ccccc1OCCOCCOCCO2. The van der Waals surface area contributed by atoms with Crippen molar-refractivity contribution in [1.29, 1.82) is 0 Å². The number of ether oxygens (including phenoxy) is 10. The van der Waals surface area contributed by atoms with E-state index in [1.54, 1.807) is 50.2 Å². The molecule has 30 heteroatoms. The van der Waals surface area contributed by atoms with Gasteiger partial charge in [0.15, 0.2) is 23.0 Å². The molecule has 6 aromatic rings. The van der Waals surface area contributed by atoms with E-state index >= 15 is 0 Å². The summed E-state index contributed by atoms with van der Waals surface area (Å²) in [5, 5.41) is 0. The number of nitrogens with one attached hydrogen (secondary N) is 2. The lowest BCUT2D eigenvalue weighted by atomic mass is 10.2. The van der Waals surface area contributed by atoms with Gasteiger partial charge in [-0.2, -0.15) is 43.2 Å². The second-order valence-electron chi connectivity index (χ2n) is 15.4. The molecular weight excluding hydrogens is 1100 g/mol. The highest BCUT2D eigenvalue weighted by molar-refractivity contribution is 7.86. The highest BCUT2D eigenvalue weighted by Crippen LogP contribution is 2.28. The summed E-state index contributed by atoms with van der Waals surface area (Å²) < 4.78 is 171. The number of nitrogens with zero attached hydrogens (tertiary/aromatic N) is 2. The molecule has 4 N–H and O–H groups in total. The molecule has 0 saturated carbocycles. The van der Waals surface area contributed by atoms with Gasteiger partial charge in [0.25, 0.3) is 0 Å². The number of aryl methyl sites for hydroxylation is 2. The number of H-pyrrole nitrogens is 2. The molecule has 0 spiro atoms. The maximum atomic E-state index is 11.9. The van der Waals surface area contributed by atoms with Crippen LogP contribution in [-0.4, -0.2) is 161 Å². The summed E-state index contributed by atoms with van der Waals surface area (Å²) in [6.07, 6.45) is 1.29. The average molecular weight is 1160 g/mol. The van der Waals surface area contributed by atoms with Gasteiger partial charge in [0, 0.05) is 12.8 Å². The number of imidazole rings is 2. The Labute approximate surface area is 443 Å². The van der Waals surface area contributed by atoms with Gasteiger partial charge in [-0.1, -0.05) is 24.3 Å². The zero-order valence-electron chi connectivity index (χ0n) is 41.8. The largest absolute Gasteiger partial charge is 0.522 e. The van der Waals surface area contributed by atoms with Crippen molar-refractivity contribution >= 4 is 54.2 Å². The molecule has 0 amide bonds. The van der Waals surface area contributed by atoms with Gasteiger partial charge in [-0.3, -0.25) is 9.11 Å². The van der Waals surface area contributed by atoms with Crippen LogP contribution in [0.5, 0.6) is 23.0 Å². The van der Waals surface area contributed by atoms with Crippen molar-refractivity contribution in [2.75, 3.05) is 92.5 Å². The fourth-order valence-electron chi connectivity index (χ4n) is 6.14. The number of rotatable bonds is 7. The highest BCUT2D eigenvalue weighted by atomic mass is 32.2. The number of carbonyl (C=O) groups excluding carboxylic acids is 2. The number of para-hydroxylation sites is 4. The smallest absolute Gasteiger partial charge is 0.487 e. The standard InChI is InChI=1S/C24H32O8.C22H22N4O4.2CHF3O3S/c1-2-6-22-21(5-1)29-17-13-25-9-10-27-15-19-31-23-7-3-4-8-24(23)32-20-16-28-12-11-26-14-18-30-22;1-3-29-21(27)13-5-7-15-17(11-13)25-19(23-15)9-10-20-24-16-8-6-14(12-18(16)26-20)22(28)30-4-2;2*2-1(3,4)8(5,6)7/h1-8H,9-20H2;5-8,11-12H,3-4,9-10H2,1-2H3,(H,23,25)(H,24,26);2*(H,5,6,7). The van der Waals surface area contributed by atoms with Crippen molar-refractivity contribution in [1.82, 2.24) is 19.9 Å². The molecule has 0 saturated heterocycles. The van der Waals surface area contributed by atoms with E-state index < -0.39 is 31.3 Å². The predicted octanol–water partition coefficient (Wildman–Crippen LogP) is 7.35. The van der Waals surface area contributed by atoms with Crippen LogP contribution in [0, 0.1) is 0 Å². The van der Waals surface area contributed by atoms with Gasteiger partial charge < -0.3 is 57.3 Å². The van der Waals surface area contributed by atoms with Crippen LogP contribution in [-0.2, 0) is 61.5 Å². The summed E-state index contributed by atoms with van der Waals surface area (Å²) in [5.74, 6) is 3.65. The fraction of sp³-hybridized carbons (Fsp3) is 0.417. The van der Waals surface area contributed by atoms with Crippen molar-refractivity contribution in [3.05, 3.63) is 108 Å². The summed E-state index contributed by atoms with van der Waals surface area (Å²) in [5.41, 5.74) is -6.91. The van der Waals surface area contributed by atoms with Crippen LogP contribution < -0.4 is 18.9 Å². The molecule has 0 radical (unpaired) electrons. The minimum absolute atomic E-state index is 0.337. The third-order valence-corrected chi connectivity index (χ3v) is 10.8. The molecule has 0 aliphatic carbocycles. The van der Waals surface area contributed by atoms with E-state index in [4.69, 9.17) is 73.3 Å². The van der Waals surface area contributed by atoms with Crippen molar-refractivity contribution in [3.8, 4) is 23.0 Å². The third kappa shape index (κ3) is 22.3. The number of alkyl halides is 6. The van der Waals surface area contributed by atoms with E-state index in [2.05, 4.69) is 19.9 Å². The fourth-order valence-corrected chi connectivity index (χ4v) is 6.14. The molecule has 0 atom stereocenters. The number of carbonyl (C=O) groups is 2. The first-order valence-corrected chi connectivity index (χ1v) is 26.3. The number of esters is 2. The molecule has 4 aromatic carbocycles. The lowest BCUT2D eigenvalue weighted by Crippen LogP contribution is -2.21. The summed E-state index contributed by atoms with van der Waals surface area (Å²) in [7, 11) is -11.7. The molecule has 3 heterocycles. The van der Waals surface area contributed by atoms with Crippen LogP contribution in [0.3, 0.4) is 0 Å². The second kappa shape index (κ2) is 31.6. The molecule has 0 fully saturated rings. The Hall–Kier alpha value is -6.80. The number of aromatic nitrogens is 4. The van der Waals surface area contributed by atoms with E-state index in [-0.39, 0.29) is 11.9 Å². The van der Waals surface area contributed by atoms with E-state index in [9.17, 15) is 35.9 Å². The minimum Gasteiger partial charge on any atom is -0.487 e. The molecule has 78 heavy (non-hydrogen) atoms. The van der Waals surface area contributed by atoms with Gasteiger partial charge >= 0.3 is 43.2 Å². The maximum Gasteiger partial charge on any atom is 0.522 e. The quantitative estimate of drug-likeness (QED) is 0.0526. The molecule has 2 aromatic heterocycles. The van der Waals surface area contributed by atoms with E-state index in [0.29, 0.717) is 139 Å². The lowest BCUT2D eigenvalue weighted by molar-refractivity contribution is -0.0514. The van der Waals surface area contributed by atoms with Gasteiger partial charge in [0.05, 0.1) is 99.3 Å². The van der Waals surface area contributed by atoms with Gasteiger partial charge in [-0.15, -0.1) is 0 Å². The first kappa shape index (κ1) is 63.7. The summed E-state index contributed by atoms with van der Waals surface area (Å²) in [6, 6.07) is 25.7. The van der Waals surface area contributed by atoms with Crippen LogP contribution >= 0.6 is 0 Å². The van der Waals surface area contributed by atoms with Gasteiger partial charge in [-0.25, -0.2) is 19.6 Å². The van der Waals surface area contributed by atoms with Crippen LogP contribution in [0.2, 0.25) is 0 Å². The zero-order valence-corrected chi connectivity index (χ0v) is 43.4. The van der Waals surface area contributed by atoms with Gasteiger partial charge in [-0.05, 0) is 74.5 Å². The molecule has 7 rings (SSSR count). The monoisotopic (exact) mass is 1150 g/mol. The maximum absolute atomic E-state index is 11.9. The molecule has 1 aliphatic rings. The van der Waals surface area contributed by atoms with E-state index in [1.807, 2.05) is 48.5 Å². The molecule has 0 bridgehead atoms. The molecular formula is C48H56F6N4O18S2. The summed E-state index contributed by atoms with van der Waals surface area (Å²) in [6.45, 7) is 9.71. The van der Waals surface area contributed by atoms with Crippen LogP contribution in [0.25, 0.3) is 22.1 Å². The Morgan fingerprint density at radius 3 is 1.03 bits per heavy atom. The topological polar surface area (TPSA) is 293 Å². The highest BCUT2D eigenvalue weighted by Gasteiger charge is 2.45. The predicted molar refractivity (Wildman–Crippen MR) is 265 cm³/mol. The summed E-state index contributed by atoms with van der Waals surface area (Å²) >= 11 is 0. The Morgan fingerprint density at radius 2 is 0.769 bits per heavy atom. The van der Waals surface area contributed by atoms with E-state index in [1.165, 1.54) is 0 Å². The lowest BCUT2D eigenvalue weighted by Gasteiger charge is -2.14.